The molecule has 1 N–H and O–H groups in total. The Bertz CT molecular complexity index is 540. The van der Waals surface area contributed by atoms with Crippen LogP contribution in [0.5, 0.6) is 11.5 Å². The SMILES string of the molecule is CC(C(=O)O)c1cccc(Oc2ccccc2)c1.[Ca+2]. The molecule has 0 saturated carbocycles. The van der Waals surface area contributed by atoms with E-state index in [0.717, 1.165) is 11.3 Å². The number of carbonyl (C=O) groups is 1. The summed E-state index contributed by atoms with van der Waals surface area (Å²) < 4.78 is 5.66. The number of hydrogen-bond donors (Lipinski definition) is 1. The van der Waals surface area contributed by atoms with Gasteiger partial charge in [-0.05, 0) is 36.8 Å². The monoisotopic (exact) mass is 282 g/mol. The largest absolute Gasteiger partial charge is 2.00 e. The third-order valence-electron chi connectivity index (χ3n) is 2.71. The average Bonchev–Trinajstić information content (AvgIpc) is 2.39. The van der Waals surface area contributed by atoms with Crippen molar-refractivity contribution in [2.75, 3.05) is 0 Å². The van der Waals surface area contributed by atoms with Crippen molar-refractivity contribution in [3.8, 4) is 11.5 Å². The molecule has 0 aliphatic carbocycles. The summed E-state index contributed by atoms with van der Waals surface area (Å²) >= 11 is 0. The zero-order valence-electron chi connectivity index (χ0n) is 10.7. The molecule has 1 atom stereocenters. The van der Waals surface area contributed by atoms with Crippen molar-refractivity contribution in [3.63, 3.8) is 0 Å². The Hall–Kier alpha value is -1.03. The van der Waals surface area contributed by atoms with E-state index in [0.29, 0.717) is 5.75 Å². The maximum Gasteiger partial charge on any atom is 2.00 e. The van der Waals surface area contributed by atoms with Crippen molar-refractivity contribution in [2.24, 2.45) is 0 Å². The molecule has 0 bridgehead atoms. The summed E-state index contributed by atoms with van der Waals surface area (Å²) in [5.41, 5.74) is 0.732. The van der Waals surface area contributed by atoms with Crippen LogP contribution in [-0.2, 0) is 4.79 Å². The van der Waals surface area contributed by atoms with Gasteiger partial charge in [-0.2, -0.15) is 0 Å². The molecule has 4 heteroatoms. The molecule has 3 nitrogen and oxygen atoms in total. The topological polar surface area (TPSA) is 46.5 Å². The van der Waals surface area contributed by atoms with E-state index < -0.39 is 11.9 Å². The van der Waals surface area contributed by atoms with E-state index in [9.17, 15) is 4.79 Å². The number of ether oxygens (including phenoxy) is 1. The van der Waals surface area contributed by atoms with Crippen LogP contribution in [0.25, 0.3) is 0 Å². The van der Waals surface area contributed by atoms with Crippen molar-refractivity contribution in [1.29, 1.82) is 0 Å². The molecule has 0 heterocycles. The summed E-state index contributed by atoms with van der Waals surface area (Å²) in [5.74, 6) is 0.000567. The summed E-state index contributed by atoms with van der Waals surface area (Å²) in [5, 5.41) is 8.98. The van der Waals surface area contributed by atoms with Gasteiger partial charge in [-0.3, -0.25) is 4.79 Å². The number of hydrogen-bond acceptors (Lipinski definition) is 2. The van der Waals surface area contributed by atoms with Gasteiger partial charge in [0.05, 0.1) is 5.92 Å². The summed E-state index contributed by atoms with van der Waals surface area (Å²) in [4.78, 5) is 10.9. The summed E-state index contributed by atoms with van der Waals surface area (Å²) in [6, 6.07) is 16.6. The van der Waals surface area contributed by atoms with Crippen LogP contribution in [0.15, 0.2) is 54.6 Å². The van der Waals surface area contributed by atoms with Gasteiger partial charge < -0.3 is 9.84 Å². The number of para-hydroxylation sites is 1. The summed E-state index contributed by atoms with van der Waals surface area (Å²) in [6.45, 7) is 1.66. The van der Waals surface area contributed by atoms with Gasteiger partial charge in [0.15, 0.2) is 0 Å². The van der Waals surface area contributed by atoms with Crippen LogP contribution >= 0.6 is 0 Å². The number of aliphatic carboxylic acids is 1. The van der Waals surface area contributed by atoms with E-state index in [-0.39, 0.29) is 37.7 Å². The fraction of sp³-hybridized carbons (Fsp3) is 0.133. The Morgan fingerprint density at radius 1 is 1.05 bits per heavy atom. The number of benzene rings is 2. The molecule has 2 aromatic rings. The van der Waals surface area contributed by atoms with E-state index in [1.165, 1.54) is 0 Å². The second-order valence-electron chi connectivity index (χ2n) is 4.05. The van der Waals surface area contributed by atoms with Crippen molar-refractivity contribution in [1.82, 2.24) is 0 Å². The fourth-order valence-corrected chi connectivity index (χ4v) is 1.61. The zero-order chi connectivity index (χ0) is 13.0. The summed E-state index contributed by atoms with van der Waals surface area (Å²) in [6.07, 6.45) is 0. The first kappa shape index (κ1) is 16.0. The van der Waals surface area contributed by atoms with E-state index in [4.69, 9.17) is 9.84 Å². The fourth-order valence-electron chi connectivity index (χ4n) is 1.61. The van der Waals surface area contributed by atoms with Gasteiger partial charge in [0.25, 0.3) is 0 Å². The Balaban J connectivity index is 0.00000180. The van der Waals surface area contributed by atoms with Gasteiger partial charge in [0.2, 0.25) is 0 Å². The third-order valence-corrected chi connectivity index (χ3v) is 2.71. The minimum atomic E-state index is -0.841. The second-order valence-corrected chi connectivity index (χ2v) is 4.05. The molecule has 0 radical (unpaired) electrons. The van der Waals surface area contributed by atoms with Crippen LogP contribution < -0.4 is 4.74 Å². The van der Waals surface area contributed by atoms with Gasteiger partial charge in [0, 0.05) is 0 Å². The van der Waals surface area contributed by atoms with E-state index in [1.54, 1.807) is 25.1 Å². The van der Waals surface area contributed by atoms with Gasteiger partial charge in [0.1, 0.15) is 11.5 Å². The first-order chi connectivity index (χ1) is 8.66. The number of carboxylic acid groups (broad SMARTS) is 1. The van der Waals surface area contributed by atoms with Crippen molar-refractivity contribution >= 4 is 43.7 Å². The molecule has 0 aliphatic heterocycles. The molecule has 2 rings (SSSR count). The molecule has 0 aromatic heterocycles. The van der Waals surface area contributed by atoms with Crippen LogP contribution in [0.2, 0.25) is 0 Å². The Morgan fingerprint density at radius 3 is 2.32 bits per heavy atom. The predicted octanol–water partition coefficient (Wildman–Crippen LogP) is 3.29. The summed E-state index contributed by atoms with van der Waals surface area (Å²) in [7, 11) is 0. The molecule has 92 valence electrons. The molecule has 1 unspecified atom stereocenters. The molecular weight excluding hydrogens is 268 g/mol. The van der Waals surface area contributed by atoms with Crippen LogP contribution in [0.1, 0.15) is 18.4 Å². The molecule has 0 aliphatic rings. The molecular formula is C15H14CaO3+2. The first-order valence-corrected chi connectivity index (χ1v) is 5.72. The van der Waals surface area contributed by atoms with E-state index >= 15 is 0 Å². The van der Waals surface area contributed by atoms with Crippen LogP contribution in [0, 0.1) is 0 Å². The zero-order valence-corrected chi connectivity index (χ0v) is 13.0. The van der Waals surface area contributed by atoms with Crippen LogP contribution in [0.3, 0.4) is 0 Å². The minimum Gasteiger partial charge on any atom is -0.481 e. The average molecular weight is 282 g/mol. The number of rotatable bonds is 4. The van der Waals surface area contributed by atoms with Gasteiger partial charge in [-0.25, -0.2) is 0 Å². The standard InChI is InChI=1S/C15H14O3.Ca/c1-11(15(16)17)12-6-5-9-14(10-12)18-13-7-3-2-4-8-13;/h2-11H,1H3,(H,16,17);/q;+2. The smallest absolute Gasteiger partial charge is 0.481 e. The van der Waals surface area contributed by atoms with E-state index in [2.05, 4.69) is 0 Å². The molecule has 0 amide bonds. The minimum absolute atomic E-state index is 0. The van der Waals surface area contributed by atoms with Gasteiger partial charge in [-0.1, -0.05) is 30.3 Å². The maximum atomic E-state index is 10.9. The normalized spacial score (nSPS) is 11.2. The Kier molecular flexibility index (Phi) is 6.35. The molecule has 0 saturated heterocycles. The van der Waals surface area contributed by atoms with Crippen molar-refractivity contribution in [2.45, 2.75) is 12.8 Å². The quantitative estimate of drug-likeness (QED) is 0.875. The first-order valence-electron chi connectivity index (χ1n) is 5.72. The van der Waals surface area contributed by atoms with Crippen molar-refractivity contribution < 1.29 is 14.6 Å². The second kappa shape index (κ2) is 7.53. The van der Waals surface area contributed by atoms with Gasteiger partial charge >= 0.3 is 43.7 Å². The van der Waals surface area contributed by atoms with Crippen molar-refractivity contribution in [3.05, 3.63) is 60.2 Å². The molecule has 0 spiro atoms. The number of carboxylic acids is 1. The van der Waals surface area contributed by atoms with E-state index in [1.807, 2.05) is 36.4 Å². The molecule has 19 heavy (non-hydrogen) atoms. The molecule has 2 aromatic carbocycles. The van der Waals surface area contributed by atoms with Crippen LogP contribution in [-0.4, -0.2) is 48.8 Å². The third kappa shape index (κ3) is 4.53. The Morgan fingerprint density at radius 2 is 1.68 bits per heavy atom. The maximum absolute atomic E-state index is 10.9. The molecule has 0 fully saturated rings. The van der Waals surface area contributed by atoms with Crippen LogP contribution in [0.4, 0.5) is 0 Å². The van der Waals surface area contributed by atoms with Gasteiger partial charge in [-0.15, -0.1) is 0 Å². The predicted molar refractivity (Wildman–Crippen MR) is 74.8 cm³/mol. The Labute approximate surface area is 142 Å².